The van der Waals surface area contributed by atoms with Crippen LogP contribution in [0.15, 0.2) is 66.0 Å². The summed E-state index contributed by atoms with van der Waals surface area (Å²) in [7, 11) is -3.85. The lowest BCUT2D eigenvalue weighted by molar-refractivity contribution is -0.137. The van der Waals surface area contributed by atoms with Crippen LogP contribution < -0.4 is 14.5 Å². The average molecular weight is 555 g/mol. The predicted octanol–water partition coefficient (Wildman–Crippen LogP) is 2.95. The van der Waals surface area contributed by atoms with Gasteiger partial charge < -0.3 is 14.7 Å². The zero-order valence-electron chi connectivity index (χ0n) is 20.7. The molecule has 0 unspecified atom stereocenters. The Labute approximate surface area is 226 Å². The molecule has 1 fully saturated rings. The third-order valence-corrected chi connectivity index (χ3v) is 8.44. The minimum Gasteiger partial charge on any atom is -0.360 e. The third kappa shape index (κ3) is 5.30. The predicted molar refractivity (Wildman–Crippen MR) is 145 cm³/mol. The molecule has 0 spiro atoms. The summed E-state index contributed by atoms with van der Waals surface area (Å²) >= 11 is 6.16. The van der Waals surface area contributed by atoms with Gasteiger partial charge in [0.2, 0.25) is 11.8 Å². The van der Waals surface area contributed by atoms with Crippen molar-refractivity contribution in [1.29, 1.82) is 0 Å². The van der Waals surface area contributed by atoms with E-state index in [2.05, 4.69) is 19.6 Å². The fourth-order valence-electron chi connectivity index (χ4n) is 4.88. The Morgan fingerprint density at radius 2 is 1.87 bits per heavy atom. The molecule has 1 atom stereocenters. The van der Waals surface area contributed by atoms with E-state index in [0.29, 0.717) is 23.8 Å². The van der Waals surface area contributed by atoms with Gasteiger partial charge in [-0.2, -0.15) is 0 Å². The lowest BCUT2D eigenvalue weighted by Gasteiger charge is -2.40. The number of sulfonamides is 1. The minimum absolute atomic E-state index is 0.0399. The van der Waals surface area contributed by atoms with Crippen LogP contribution in [0.1, 0.15) is 18.9 Å². The molecule has 1 saturated heterocycles. The Morgan fingerprint density at radius 1 is 1.08 bits per heavy atom. The van der Waals surface area contributed by atoms with Gasteiger partial charge >= 0.3 is 0 Å². The molecule has 2 amide bonds. The number of amides is 2. The van der Waals surface area contributed by atoms with Gasteiger partial charge in [-0.1, -0.05) is 11.6 Å². The highest BCUT2D eigenvalue weighted by Crippen LogP contribution is 2.31. The van der Waals surface area contributed by atoms with Gasteiger partial charge in [-0.3, -0.25) is 14.3 Å². The van der Waals surface area contributed by atoms with E-state index in [0.717, 1.165) is 30.6 Å². The zero-order valence-corrected chi connectivity index (χ0v) is 22.3. The normalized spacial score (nSPS) is 16.7. The number of hydrogen-bond acceptors (Lipinski definition) is 7. The number of nitrogens with zero attached hydrogens (tertiary/aromatic N) is 5. The highest BCUT2D eigenvalue weighted by atomic mass is 35.5. The van der Waals surface area contributed by atoms with Crippen LogP contribution in [0, 0.1) is 0 Å². The molecular weight excluding hydrogens is 528 g/mol. The highest BCUT2D eigenvalue weighted by Gasteiger charge is 2.34. The van der Waals surface area contributed by atoms with Crippen molar-refractivity contribution < 1.29 is 18.0 Å². The molecule has 3 heterocycles. The van der Waals surface area contributed by atoms with E-state index in [-0.39, 0.29) is 29.1 Å². The molecule has 0 radical (unpaired) electrons. The minimum atomic E-state index is -3.85. The van der Waals surface area contributed by atoms with Crippen molar-refractivity contribution in [3.63, 3.8) is 0 Å². The summed E-state index contributed by atoms with van der Waals surface area (Å²) in [6.07, 6.45) is 4.53. The molecule has 3 aromatic rings. The number of hydrogen-bond donors (Lipinski definition) is 1. The molecule has 10 nitrogen and oxygen atoms in total. The summed E-state index contributed by atoms with van der Waals surface area (Å²) < 4.78 is 27.7. The van der Waals surface area contributed by atoms with E-state index in [1.54, 1.807) is 21.9 Å². The summed E-state index contributed by atoms with van der Waals surface area (Å²) in [5, 5.41) is 0.680. The maximum absolute atomic E-state index is 13.4. The van der Waals surface area contributed by atoms with Crippen LogP contribution in [0.3, 0.4) is 0 Å². The summed E-state index contributed by atoms with van der Waals surface area (Å²) in [4.78, 5) is 39.3. The average Bonchev–Trinajstić information content (AvgIpc) is 2.92. The second-order valence-corrected chi connectivity index (χ2v) is 11.4. The van der Waals surface area contributed by atoms with Gasteiger partial charge in [0.15, 0.2) is 0 Å². The van der Waals surface area contributed by atoms with Crippen molar-refractivity contribution in [3.8, 4) is 0 Å². The van der Waals surface area contributed by atoms with Crippen molar-refractivity contribution in [2.75, 3.05) is 40.7 Å². The number of benzene rings is 2. The Kier molecular flexibility index (Phi) is 7.22. The van der Waals surface area contributed by atoms with Crippen LogP contribution in [0.4, 0.5) is 17.2 Å². The number of anilines is 3. The van der Waals surface area contributed by atoms with E-state index < -0.39 is 16.1 Å². The fourth-order valence-corrected chi connectivity index (χ4v) is 6.08. The molecule has 2 aliphatic heterocycles. The molecule has 12 heteroatoms. The Bertz CT molecular complexity index is 1450. The molecule has 0 bridgehead atoms. The maximum Gasteiger partial charge on any atom is 0.263 e. The maximum atomic E-state index is 13.4. The largest absolute Gasteiger partial charge is 0.360 e. The standard InChI is InChI=1S/C26H27ClN6O4S/c1-18(32-12-2-3-19-15-20(27)4-9-23(19)32)26(35)31-13-14-33(25(34)16-31)21-5-7-22(8-6-21)38(36,37)30-24-10-11-28-17-29-24/h4-11,15,17-18H,2-3,12-14,16H2,1H3,(H,28,29,30)/t18-/m1/s1. The number of aromatic nitrogens is 2. The number of halogens is 1. The fraction of sp³-hybridized carbons (Fsp3) is 0.308. The van der Waals surface area contributed by atoms with Crippen molar-refractivity contribution >= 4 is 50.6 Å². The second kappa shape index (κ2) is 10.6. The molecule has 0 aliphatic carbocycles. The van der Waals surface area contributed by atoms with Gasteiger partial charge in [0.25, 0.3) is 10.0 Å². The lowest BCUT2D eigenvalue weighted by Crippen LogP contribution is -2.57. The van der Waals surface area contributed by atoms with Gasteiger partial charge in [0, 0.05) is 42.2 Å². The second-order valence-electron chi connectivity index (χ2n) is 9.25. The van der Waals surface area contributed by atoms with Crippen LogP contribution in [0.2, 0.25) is 5.02 Å². The Morgan fingerprint density at radius 3 is 2.58 bits per heavy atom. The first kappa shape index (κ1) is 25.9. The van der Waals surface area contributed by atoms with Crippen LogP contribution in [0.5, 0.6) is 0 Å². The van der Waals surface area contributed by atoms with Gasteiger partial charge in [0.05, 0.1) is 4.90 Å². The third-order valence-electron chi connectivity index (χ3n) is 6.83. The number of carbonyl (C=O) groups excluding carboxylic acids is 2. The van der Waals surface area contributed by atoms with Crippen molar-refractivity contribution in [3.05, 3.63) is 71.6 Å². The first-order chi connectivity index (χ1) is 18.2. The number of carbonyl (C=O) groups is 2. The van der Waals surface area contributed by atoms with Crippen molar-refractivity contribution in [1.82, 2.24) is 14.9 Å². The SMILES string of the molecule is C[C@H](C(=O)N1CCN(c2ccc(S(=O)(=O)Nc3ccncn3)cc2)C(=O)C1)N1CCCc2cc(Cl)ccc21. The molecule has 2 aliphatic rings. The quantitative estimate of drug-likeness (QED) is 0.498. The van der Waals surface area contributed by atoms with Crippen molar-refractivity contribution in [2.24, 2.45) is 0 Å². The molecular formula is C26H27ClN6O4S. The van der Waals surface area contributed by atoms with E-state index in [1.807, 2.05) is 25.1 Å². The van der Waals surface area contributed by atoms with Crippen LogP contribution in [-0.2, 0) is 26.0 Å². The van der Waals surface area contributed by atoms with Crippen molar-refractivity contribution in [2.45, 2.75) is 30.7 Å². The summed E-state index contributed by atoms with van der Waals surface area (Å²) in [6.45, 7) is 3.29. The first-order valence-corrected chi connectivity index (χ1v) is 14.1. The van der Waals surface area contributed by atoms with Crippen LogP contribution in [-0.4, -0.2) is 67.3 Å². The molecule has 1 aromatic heterocycles. The number of fused-ring (bicyclic) bond motifs is 1. The van der Waals surface area contributed by atoms with E-state index in [9.17, 15) is 18.0 Å². The van der Waals surface area contributed by atoms with Crippen LogP contribution >= 0.6 is 11.6 Å². The molecule has 1 N–H and O–H groups in total. The highest BCUT2D eigenvalue weighted by molar-refractivity contribution is 7.92. The zero-order chi connectivity index (χ0) is 26.9. The summed E-state index contributed by atoms with van der Waals surface area (Å²) in [6, 6.07) is 12.8. The molecule has 38 heavy (non-hydrogen) atoms. The molecule has 2 aromatic carbocycles. The number of aryl methyl sites for hydroxylation is 1. The van der Waals surface area contributed by atoms with Gasteiger partial charge in [-0.15, -0.1) is 0 Å². The smallest absolute Gasteiger partial charge is 0.263 e. The topological polar surface area (TPSA) is 116 Å². The van der Waals surface area contributed by atoms with Gasteiger partial charge in [-0.25, -0.2) is 18.4 Å². The van der Waals surface area contributed by atoms with E-state index in [1.165, 1.54) is 30.7 Å². The monoisotopic (exact) mass is 554 g/mol. The van der Waals surface area contributed by atoms with E-state index >= 15 is 0 Å². The Balaban J connectivity index is 1.23. The summed E-state index contributed by atoms with van der Waals surface area (Å²) in [5.41, 5.74) is 2.70. The van der Waals surface area contributed by atoms with Crippen LogP contribution in [0.25, 0.3) is 0 Å². The number of piperazine rings is 1. The van der Waals surface area contributed by atoms with E-state index in [4.69, 9.17) is 11.6 Å². The van der Waals surface area contributed by atoms with Gasteiger partial charge in [0.1, 0.15) is 24.7 Å². The molecule has 0 saturated carbocycles. The summed E-state index contributed by atoms with van der Waals surface area (Å²) in [5.74, 6) is -0.165. The molecule has 198 valence electrons. The molecule has 5 rings (SSSR count). The Hall–Kier alpha value is -3.70. The number of nitrogens with one attached hydrogen (secondary N) is 1. The lowest BCUT2D eigenvalue weighted by atomic mass is 10.00. The van der Waals surface area contributed by atoms with Gasteiger partial charge in [-0.05, 0) is 73.9 Å². The first-order valence-electron chi connectivity index (χ1n) is 12.3. The number of rotatable bonds is 6.